The highest BCUT2D eigenvalue weighted by Crippen LogP contribution is 2.29. The second-order valence-corrected chi connectivity index (χ2v) is 10.6. The Kier molecular flexibility index (Phi) is 11.5. The Bertz CT molecular complexity index is 1190. The number of nitrogens with one attached hydrogen (secondary N) is 2. The molecule has 0 fully saturated rings. The SMILES string of the molecule is CCCN(C(=O)C(CCC(N)=O)NC(=O)OC(C)(C)C)C(C(=O)Nc1ccc(OC)cc1)c1cccc(C)c1C. The van der Waals surface area contributed by atoms with Crippen LogP contribution >= 0.6 is 0 Å². The monoisotopic (exact) mass is 554 g/mol. The Balaban J connectivity index is 2.55. The van der Waals surface area contributed by atoms with Gasteiger partial charge in [-0.1, -0.05) is 25.1 Å². The third-order valence-corrected chi connectivity index (χ3v) is 6.27. The molecular formula is C30H42N4O6. The summed E-state index contributed by atoms with van der Waals surface area (Å²) in [6.07, 6.45) is -0.457. The van der Waals surface area contributed by atoms with Crippen LogP contribution in [0, 0.1) is 13.8 Å². The summed E-state index contributed by atoms with van der Waals surface area (Å²) >= 11 is 0. The van der Waals surface area contributed by atoms with Gasteiger partial charge in [0.2, 0.25) is 11.8 Å². The lowest BCUT2D eigenvalue weighted by atomic mass is 9.94. The van der Waals surface area contributed by atoms with Crippen molar-refractivity contribution in [2.75, 3.05) is 19.0 Å². The number of carbonyl (C=O) groups excluding carboxylic acids is 4. The van der Waals surface area contributed by atoms with E-state index in [1.54, 1.807) is 52.1 Å². The highest BCUT2D eigenvalue weighted by atomic mass is 16.6. The number of carbonyl (C=O) groups is 4. The number of methoxy groups -OCH3 is 1. The number of benzene rings is 2. The fourth-order valence-corrected chi connectivity index (χ4v) is 4.21. The van der Waals surface area contributed by atoms with Crippen LogP contribution in [0.15, 0.2) is 42.5 Å². The van der Waals surface area contributed by atoms with Crippen molar-refractivity contribution in [3.05, 3.63) is 59.2 Å². The first kappa shape index (κ1) is 32.1. The summed E-state index contributed by atoms with van der Waals surface area (Å²) in [5.41, 5.74) is 7.57. The maximum Gasteiger partial charge on any atom is 0.408 e. The van der Waals surface area contributed by atoms with Crippen LogP contribution < -0.4 is 21.1 Å². The number of aryl methyl sites for hydroxylation is 1. The van der Waals surface area contributed by atoms with Crippen molar-refractivity contribution in [2.24, 2.45) is 5.73 Å². The molecule has 2 atom stereocenters. The Morgan fingerprint density at radius 2 is 1.68 bits per heavy atom. The predicted octanol–water partition coefficient (Wildman–Crippen LogP) is 4.39. The van der Waals surface area contributed by atoms with Gasteiger partial charge in [-0.25, -0.2) is 4.79 Å². The summed E-state index contributed by atoms with van der Waals surface area (Å²) in [4.78, 5) is 53.7. The van der Waals surface area contributed by atoms with Crippen LogP contribution in [-0.2, 0) is 19.1 Å². The molecule has 0 radical (unpaired) electrons. The summed E-state index contributed by atoms with van der Waals surface area (Å²) in [5, 5.41) is 5.51. The maximum atomic E-state index is 14.1. The first-order valence-electron chi connectivity index (χ1n) is 13.4. The van der Waals surface area contributed by atoms with Gasteiger partial charge in [-0.2, -0.15) is 0 Å². The van der Waals surface area contributed by atoms with Crippen molar-refractivity contribution in [1.82, 2.24) is 10.2 Å². The fourth-order valence-electron chi connectivity index (χ4n) is 4.21. The van der Waals surface area contributed by atoms with Gasteiger partial charge in [0, 0.05) is 18.7 Å². The van der Waals surface area contributed by atoms with E-state index >= 15 is 0 Å². The molecule has 0 heterocycles. The smallest absolute Gasteiger partial charge is 0.408 e. The molecular weight excluding hydrogens is 512 g/mol. The van der Waals surface area contributed by atoms with Crippen LogP contribution in [0.1, 0.15) is 69.7 Å². The summed E-state index contributed by atoms with van der Waals surface area (Å²) < 4.78 is 10.6. The quantitative estimate of drug-likeness (QED) is 0.356. The first-order valence-corrected chi connectivity index (χ1v) is 13.4. The van der Waals surface area contributed by atoms with Crippen LogP contribution in [-0.4, -0.2) is 54.0 Å². The van der Waals surface area contributed by atoms with Crippen LogP contribution in [0.3, 0.4) is 0 Å². The third-order valence-electron chi connectivity index (χ3n) is 6.27. The van der Waals surface area contributed by atoms with E-state index in [2.05, 4.69) is 10.6 Å². The molecule has 2 rings (SSSR count). The Hall–Kier alpha value is -4.08. The Morgan fingerprint density at radius 3 is 2.23 bits per heavy atom. The molecule has 0 spiro atoms. The number of hydrogen-bond acceptors (Lipinski definition) is 6. The zero-order valence-electron chi connectivity index (χ0n) is 24.5. The number of anilines is 1. The zero-order valence-corrected chi connectivity index (χ0v) is 24.5. The van der Waals surface area contributed by atoms with Crippen molar-refractivity contribution in [1.29, 1.82) is 0 Å². The van der Waals surface area contributed by atoms with Gasteiger partial charge >= 0.3 is 6.09 Å². The van der Waals surface area contributed by atoms with Crippen molar-refractivity contribution in [3.63, 3.8) is 0 Å². The van der Waals surface area contributed by atoms with Crippen molar-refractivity contribution in [3.8, 4) is 5.75 Å². The molecule has 2 aromatic carbocycles. The number of hydrogen-bond donors (Lipinski definition) is 3. The van der Waals surface area contributed by atoms with Gasteiger partial charge in [-0.05, 0) is 88.4 Å². The number of amides is 4. The van der Waals surface area contributed by atoms with E-state index in [-0.39, 0.29) is 19.4 Å². The molecule has 4 N–H and O–H groups in total. The maximum absolute atomic E-state index is 14.1. The van der Waals surface area contributed by atoms with E-state index in [4.69, 9.17) is 15.2 Å². The number of primary amides is 1. The van der Waals surface area contributed by atoms with Gasteiger partial charge in [0.15, 0.2) is 0 Å². The Morgan fingerprint density at radius 1 is 1.02 bits per heavy atom. The van der Waals surface area contributed by atoms with Crippen molar-refractivity contribution in [2.45, 2.75) is 78.5 Å². The topological polar surface area (TPSA) is 140 Å². The van der Waals surface area contributed by atoms with E-state index in [1.807, 2.05) is 39.0 Å². The number of ether oxygens (including phenoxy) is 2. The number of alkyl carbamates (subject to hydrolysis) is 1. The minimum atomic E-state index is -1.14. The van der Waals surface area contributed by atoms with Gasteiger partial charge < -0.3 is 30.7 Å². The summed E-state index contributed by atoms with van der Waals surface area (Å²) in [7, 11) is 1.55. The van der Waals surface area contributed by atoms with Crippen LogP contribution in [0.4, 0.5) is 10.5 Å². The van der Waals surface area contributed by atoms with E-state index in [0.29, 0.717) is 23.4 Å². The van der Waals surface area contributed by atoms with Crippen molar-refractivity contribution >= 4 is 29.5 Å². The first-order chi connectivity index (χ1) is 18.8. The predicted molar refractivity (Wildman–Crippen MR) is 154 cm³/mol. The normalized spacial score (nSPS) is 12.6. The molecule has 10 nitrogen and oxygen atoms in total. The van der Waals surface area contributed by atoms with Gasteiger partial charge in [-0.15, -0.1) is 0 Å². The summed E-state index contributed by atoms with van der Waals surface area (Å²) in [6.45, 7) is 11.1. The minimum Gasteiger partial charge on any atom is -0.497 e. The van der Waals surface area contributed by atoms with E-state index < -0.39 is 41.5 Å². The molecule has 0 saturated heterocycles. The largest absolute Gasteiger partial charge is 0.497 e. The van der Waals surface area contributed by atoms with Gasteiger partial charge in [0.25, 0.3) is 5.91 Å². The molecule has 2 aromatic rings. The third kappa shape index (κ3) is 9.29. The molecule has 0 bridgehead atoms. The lowest BCUT2D eigenvalue weighted by Crippen LogP contribution is -2.53. The summed E-state index contributed by atoms with van der Waals surface area (Å²) in [6, 6.07) is 10.3. The molecule has 0 aliphatic rings. The van der Waals surface area contributed by atoms with E-state index in [0.717, 1.165) is 11.1 Å². The lowest BCUT2D eigenvalue weighted by molar-refractivity contribution is -0.141. The van der Waals surface area contributed by atoms with Crippen LogP contribution in [0.5, 0.6) is 5.75 Å². The fraction of sp³-hybridized carbons (Fsp3) is 0.467. The lowest BCUT2D eigenvalue weighted by Gasteiger charge is -2.35. The molecule has 0 aromatic heterocycles. The zero-order chi connectivity index (χ0) is 30.0. The van der Waals surface area contributed by atoms with E-state index in [9.17, 15) is 19.2 Å². The minimum absolute atomic E-state index is 0.0484. The highest BCUT2D eigenvalue weighted by molar-refractivity contribution is 5.99. The standard InChI is InChI=1S/C30H42N4O6/c1-8-18-34(28(37)24(16-17-25(31)35)33-29(38)40-30(4,5)6)26(23-11-9-10-19(2)20(23)3)27(36)32-21-12-14-22(39-7)15-13-21/h9-15,24,26H,8,16-18H2,1-7H3,(H2,31,35)(H,32,36)(H,33,38). The van der Waals surface area contributed by atoms with Crippen LogP contribution in [0.25, 0.3) is 0 Å². The molecule has 218 valence electrons. The molecule has 10 heteroatoms. The Labute approximate surface area is 236 Å². The van der Waals surface area contributed by atoms with Gasteiger partial charge in [0.1, 0.15) is 23.4 Å². The van der Waals surface area contributed by atoms with Crippen molar-refractivity contribution < 1.29 is 28.7 Å². The molecule has 40 heavy (non-hydrogen) atoms. The van der Waals surface area contributed by atoms with E-state index in [1.165, 1.54) is 4.90 Å². The molecule has 0 aliphatic carbocycles. The number of nitrogens with zero attached hydrogens (tertiary/aromatic N) is 1. The van der Waals surface area contributed by atoms with Crippen LogP contribution in [0.2, 0.25) is 0 Å². The average molecular weight is 555 g/mol. The molecule has 2 unspecified atom stereocenters. The molecule has 0 aliphatic heterocycles. The summed E-state index contributed by atoms with van der Waals surface area (Å²) in [5.74, 6) is -0.928. The second-order valence-electron chi connectivity index (χ2n) is 10.6. The average Bonchev–Trinajstić information content (AvgIpc) is 2.87. The second kappa shape index (κ2) is 14.3. The number of rotatable bonds is 12. The van der Waals surface area contributed by atoms with Gasteiger partial charge in [0.05, 0.1) is 7.11 Å². The molecule has 4 amide bonds. The number of nitrogens with two attached hydrogens (primary N) is 1. The van der Waals surface area contributed by atoms with Gasteiger partial charge in [-0.3, -0.25) is 14.4 Å². The highest BCUT2D eigenvalue weighted by Gasteiger charge is 2.37. The molecule has 0 saturated carbocycles.